The summed E-state index contributed by atoms with van der Waals surface area (Å²) in [5, 5.41) is 11.9. The van der Waals surface area contributed by atoms with E-state index < -0.39 is 9.84 Å². The van der Waals surface area contributed by atoms with Gasteiger partial charge in [0.25, 0.3) is 5.56 Å². The lowest BCUT2D eigenvalue weighted by atomic mass is 10.1. The number of fused-ring (bicyclic) bond motifs is 1. The summed E-state index contributed by atoms with van der Waals surface area (Å²) in [6.07, 6.45) is 0.713. The fraction of sp³-hybridized carbons (Fsp3) is 0.435. The fourth-order valence-corrected chi connectivity index (χ4v) is 7.52. The van der Waals surface area contributed by atoms with Gasteiger partial charge in [-0.3, -0.25) is 19.2 Å². The number of nitrogens with zero attached hydrogens (tertiary/aromatic N) is 5. The largest absolute Gasteiger partial charge is 0.297 e. The van der Waals surface area contributed by atoms with E-state index >= 15 is 0 Å². The zero-order chi connectivity index (χ0) is 23.0. The van der Waals surface area contributed by atoms with Crippen LogP contribution < -0.4 is 5.56 Å². The molecule has 0 bridgehead atoms. The molecule has 1 aromatic carbocycles. The van der Waals surface area contributed by atoms with Crippen LogP contribution in [0.2, 0.25) is 0 Å². The van der Waals surface area contributed by atoms with E-state index in [0.29, 0.717) is 29.0 Å². The second kappa shape index (κ2) is 8.99. The number of hydrogen-bond donors (Lipinski definition) is 0. The Kier molecular flexibility index (Phi) is 6.05. The van der Waals surface area contributed by atoms with Crippen molar-refractivity contribution in [2.24, 2.45) is 0 Å². The molecule has 1 atom stereocenters. The normalized spacial score (nSPS) is 21.4. The van der Waals surface area contributed by atoms with Gasteiger partial charge in [0.2, 0.25) is 0 Å². The van der Waals surface area contributed by atoms with Gasteiger partial charge in [-0.25, -0.2) is 13.4 Å². The van der Waals surface area contributed by atoms with E-state index in [1.807, 2.05) is 35.7 Å². The van der Waals surface area contributed by atoms with Crippen LogP contribution in [-0.2, 0) is 22.9 Å². The number of benzene rings is 1. The van der Waals surface area contributed by atoms with Gasteiger partial charge in [-0.15, -0.1) is 11.3 Å². The molecule has 33 heavy (non-hydrogen) atoms. The van der Waals surface area contributed by atoms with Crippen molar-refractivity contribution < 1.29 is 8.42 Å². The fourth-order valence-electron chi connectivity index (χ4n) is 4.80. The van der Waals surface area contributed by atoms with Crippen LogP contribution >= 0.6 is 11.3 Å². The molecule has 0 amide bonds. The summed E-state index contributed by atoms with van der Waals surface area (Å²) in [6.45, 7) is 3.58. The van der Waals surface area contributed by atoms with Crippen LogP contribution in [0.15, 0.2) is 40.5 Å². The Hall–Kier alpha value is -2.58. The smallest absolute Gasteiger partial charge is 0.263 e. The van der Waals surface area contributed by atoms with E-state index in [2.05, 4.69) is 15.9 Å². The monoisotopic (exact) mass is 483 g/mol. The van der Waals surface area contributed by atoms with Gasteiger partial charge in [-0.05, 0) is 12.0 Å². The van der Waals surface area contributed by atoms with Crippen LogP contribution in [0.3, 0.4) is 0 Å². The first-order valence-corrected chi connectivity index (χ1v) is 13.8. The molecule has 0 N–H and O–H groups in total. The second-order valence-corrected chi connectivity index (χ2v) is 11.7. The van der Waals surface area contributed by atoms with Crippen molar-refractivity contribution in [3.05, 3.63) is 51.9 Å². The maximum absolute atomic E-state index is 13.4. The van der Waals surface area contributed by atoms with Gasteiger partial charge < -0.3 is 0 Å². The molecule has 0 aliphatic carbocycles. The molecule has 2 saturated heterocycles. The Labute approximate surface area is 196 Å². The second-order valence-electron chi connectivity index (χ2n) is 8.64. The summed E-state index contributed by atoms with van der Waals surface area (Å²) in [6, 6.07) is 12.0. The van der Waals surface area contributed by atoms with E-state index in [1.54, 1.807) is 0 Å². The standard InChI is InChI=1S/C23H25N5O3S2/c24-7-8-28-20(14-26-9-11-27(12-10-26)18-6-13-33(30,31)16-18)25-22-21(23(28)29)19(15-32-22)17-4-2-1-3-5-17/h1-5,15,18H,6,8-14,16H2/t18-/m0/s1. The highest BCUT2D eigenvalue weighted by Gasteiger charge is 2.33. The lowest BCUT2D eigenvalue weighted by molar-refractivity contribution is 0.0975. The lowest BCUT2D eigenvalue weighted by Crippen LogP contribution is -2.50. The summed E-state index contributed by atoms with van der Waals surface area (Å²) < 4.78 is 25.1. The number of sulfone groups is 1. The molecule has 0 unspecified atom stereocenters. The highest BCUT2D eigenvalue weighted by atomic mass is 32.2. The van der Waals surface area contributed by atoms with Crippen LogP contribution in [0.25, 0.3) is 21.3 Å². The van der Waals surface area contributed by atoms with E-state index in [1.165, 1.54) is 15.9 Å². The lowest BCUT2D eigenvalue weighted by Gasteiger charge is -2.37. The predicted molar refractivity (Wildman–Crippen MR) is 129 cm³/mol. The molecule has 0 radical (unpaired) electrons. The van der Waals surface area contributed by atoms with Gasteiger partial charge in [-0.2, -0.15) is 5.26 Å². The molecule has 2 aromatic heterocycles. The van der Waals surface area contributed by atoms with Crippen LogP contribution in [0.4, 0.5) is 0 Å². The minimum Gasteiger partial charge on any atom is -0.297 e. The molecule has 0 spiro atoms. The molecule has 10 heteroatoms. The van der Waals surface area contributed by atoms with Crippen molar-refractivity contribution in [1.29, 1.82) is 5.26 Å². The van der Waals surface area contributed by atoms with Crippen LogP contribution in [-0.4, -0.2) is 71.5 Å². The molecular weight excluding hydrogens is 458 g/mol. The quantitative estimate of drug-likeness (QED) is 0.547. The van der Waals surface area contributed by atoms with Crippen molar-refractivity contribution in [3.8, 4) is 17.2 Å². The number of piperazine rings is 1. The van der Waals surface area contributed by atoms with E-state index in [9.17, 15) is 18.5 Å². The number of hydrogen-bond acceptors (Lipinski definition) is 8. The number of nitriles is 1. The molecule has 2 aliphatic rings. The van der Waals surface area contributed by atoms with E-state index in [4.69, 9.17) is 4.98 Å². The third kappa shape index (κ3) is 4.46. The zero-order valence-corrected chi connectivity index (χ0v) is 19.8. The molecule has 2 aliphatic heterocycles. The Morgan fingerprint density at radius 2 is 1.91 bits per heavy atom. The highest BCUT2D eigenvalue weighted by molar-refractivity contribution is 7.91. The minimum atomic E-state index is -2.90. The molecule has 172 valence electrons. The highest BCUT2D eigenvalue weighted by Crippen LogP contribution is 2.31. The van der Waals surface area contributed by atoms with E-state index in [-0.39, 0.29) is 29.7 Å². The van der Waals surface area contributed by atoms with Crippen LogP contribution in [0, 0.1) is 11.3 Å². The molecule has 5 rings (SSSR count). The summed E-state index contributed by atoms with van der Waals surface area (Å²) in [7, 11) is -2.90. The predicted octanol–water partition coefficient (Wildman–Crippen LogP) is 1.95. The molecular formula is C23H25N5O3S2. The molecule has 4 heterocycles. The van der Waals surface area contributed by atoms with Crippen molar-refractivity contribution in [2.75, 3.05) is 37.7 Å². The van der Waals surface area contributed by atoms with E-state index in [0.717, 1.165) is 37.3 Å². The summed E-state index contributed by atoms with van der Waals surface area (Å²) >= 11 is 1.45. The van der Waals surface area contributed by atoms with Crippen LogP contribution in [0.1, 0.15) is 12.2 Å². The minimum absolute atomic E-state index is 0.0406. The van der Waals surface area contributed by atoms with Gasteiger partial charge in [0, 0.05) is 43.2 Å². The Morgan fingerprint density at radius 1 is 1.15 bits per heavy atom. The van der Waals surface area contributed by atoms with Gasteiger partial charge in [0.05, 0.1) is 29.5 Å². The topological polar surface area (TPSA) is 99.3 Å². The third-order valence-corrected chi connectivity index (χ3v) is 9.21. The van der Waals surface area contributed by atoms with Gasteiger partial charge in [0.15, 0.2) is 9.84 Å². The number of thiophene rings is 1. The van der Waals surface area contributed by atoms with Gasteiger partial charge >= 0.3 is 0 Å². The van der Waals surface area contributed by atoms with Crippen molar-refractivity contribution in [3.63, 3.8) is 0 Å². The molecule has 2 fully saturated rings. The zero-order valence-electron chi connectivity index (χ0n) is 18.2. The molecule has 0 saturated carbocycles. The molecule has 8 nitrogen and oxygen atoms in total. The number of rotatable bonds is 5. The first-order valence-electron chi connectivity index (χ1n) is 11.1. The van der Waals surface area contributed by atoms with Gasteiger partial charge in [0.1, 0.15) is 17.2 Å². The average molecular weight is 484 g/mol. The van der Waals surface area contributed by atoms with Gasteiger partial charge in [-0.1, -0.05) is 30.3 Å². The summed E-state index contributed by atoms with van der Waals surface area (Å²) in [4.78, 5) is 23.4. The first kappa shape index (κ1) is 22.2. The molecule has 3 aromatic rings. The Morgan fingerprint density at radius 3 is 2.58 bits per heavy atom. The maximum atomic E-state index is 13.4. The average Bonchev–Trinajstić information content (AvgIpc) is 3.40. The Bertz CT molecular complexity index is 1370. The summed E-state index contributed by atoms with van der Waals surface area (Å²) in [5.74, 6) is 1.15. The first-order chi connectivity index (χ1) is 15.9. The number of aromatic nitrogens is 2. The van der Waals surface area contributed by atoms with Crippen molar-refractivity contribution in [2.45, 2.75) is 25.6 Å². The maximum Gasteiger partial charge on any atom is 0.263 e. The Balaban J connectivity index is 1.38. The SMILES string of the molecule is N#CCn1c(CN2CCN([C@H]3CCS(=O)(=O)C3)CC2)nc2scc(-c3ccccc3)c2c1=O. The van der Waals surface area contributed by atoms with Crippen LogP contribution in [0.5, 0.6) is 0 Å². The van der Waals surface area contributed by atoms with Crippen molar-refractivity contribution in [1.82, 2.24) is 19.4 Å². The van der Waals surface area contributed by atoms with Crippen molar-refractivity contribution >= 4 is 31.4 Å². The summed E-state index contributed by atoms with van der Waals surface area (Å²) in [5.41, 5.74) is 1.64. The third-order valence-electron chi connectivity index (χ3n) is 6.58.